The van der Waals surface area contributed by atoms with Crippen molar-refractivity contribution < 1.29 is 9.53 Å². The lowest BCUT2D eigenvalue weighted by Gasteiger charge is -2.20. The summed E-state index contributed by atoms with van der Waals surface area (Å²) in [5.41, 5.74) is 0.561. The Hall–Kier alpha value is -1.91. The number of carbonyl (C=O) groups is 1. The number of anilines is 1. The summed E-state index contributed by atoms with van der Waals surface area (Å²) in [5, 5.41) is 3.88. The van der Waals surface area contributed by atoms with Crippen LogP contribution < -0.4 is 5.01 Å². The highest BCUT2D eigenvalue weighted by molar-refractivity contribution is 5.79. The van der Waals surface area contributed by atoms with Crippen molar-refractivity contribution in [3.8, 4) is 0 Å². The van der Waals surface area contributed by atoms with Crippen LogP contribution in [-0.2, 0) is 9.53 Å². The molecule has 0 unspecified atom stereocenters. The fraction of sp³-hybridized carbons (Fsp3) is 0.300. The maximum absolute atomic E-state index is 11.2. The summed E-state index contributed by atoms with van der Waals surface area (Å²) in [7, 11) is 1.27. The molecule has 0 saturated carbocycles. The molecule has 0 bridgehead atoms. The second-order valence-electron chi connectivity index (χ2n) is 2.96. The highest BCUT2D eigenvalue weighted by Crippen LogP contribution is 2.17. The fourth-order valence-corrected chi connectivity index (χ4v) is 1.19. The molecular formula is C10H12N2O3. The van der Waals surface area contributed by atoms with E-state index in [1.165, 1.54) is 7.11 Å². The summed E-state index contributed by atoms with van der Waals surface area (Å²) in [5.74, 6) is -0.501. The van der Waals surface area contributed by atoms with Gasteiger partial charge in [0.05, 0.1) is 18.1 Å². The number of nitroso groups, excluding NO2 is 1. The van der Waals surface area contributed by atoms with Crippen LogP contribution in [0.1, 0.15) is 6.92 Å². The molecule has 0 aliphatic carbocycles. The van der Waals surface area contributed by atoms with Crippen molar-refractivity contribution in [1.82, 2.24) is 0 Å². The third-order valence-electron chi connectivity index (χ3n) is 2.02. The van der Waals surface area contributed by atoms with Gasteiger partial charge in [-0.25, -0.2) is 9.80 Å². The van der Waals surface area contributed by atoms with Gasteiger partial charge in [-0.1, -0.05) is 18.2 Å². The second kappa shape index (κ2) is 5.09. The topological polar surface area (TPSA) is 59.0 Å². The molecule has 0 aliphatic heterocycles. The Morgan fingerprint density at radius 1 is 1.40 bits per heavy atom. The minimum absolute atomic E-state index is 0.501. The Morgan fingerprint density at radius 3 is 2.47 bits per heavy atom. The Bertz CT molecular complexity index is 340. The molecule has 1 atom stereocenters. The van der Waals surface area contributed by atoms with E-state index < -0.39 is 12.0 Å². The van der Waals surface area contributed by atoms with Gasteiger partial charge >= 0.3 is 5.97 Å². The Morgan fingerprint density at radius 2 is 2.00 bits per heavy atom. The molecule has 0 N–H and O–H groups in total. The Labute approximate surface area is 87.6 Å². The molecule has 0 aliphatic rings. The average Bonchev–Trinajstić information content (AvgIpc) is 2.30. The summed E-state index contributed by atoms with van der Waals surface area (Å²) in [6.45, 7) is 1.56. The lowest BCUT2D eigenvalue weighted by Crippen LogP contribution is -2.35. The molecule has 0 amide bonds. The molecule has 1 rings (SSSR count). The molecule has 5 nitrogen and oxygen atoms in total. The van der Waals surface area contributed by atoms with Crippen molar-refractivity contribution >= 4 is 11.7 Å². The van der Waals surface area contributed by atoms with E-state index in [2.05, 4.69) is 10.0 Å². The van der Waals surface area contributed by atoms with Gasteiger partial charge in [0.1, 0.15) is 0 Å². The highest BCUT2D eigenvalue weighted by Gasteiger charge is 2.23. The van der Waals surface area contributed by atoms with E-state index in [9.17, 15) is 9.70 Å². The number of rotatable bonds is 4. The van der Waals surface area contributed by atoms with Crippen molar-refractivity contribution in [2.45, 2.75) is 13.0 Å². The first-order valence-corrected chi connectivity index (χ1v) is 4.46. The predicted molar refractivity (Wildman–Crippen MR) is 56.2 cm³/mol. The second-order valence-corrected chi connectivity index (χ2v) is 2.96. The number of methoxy groups -OCH3 is 1. The van der Waals surface area contributed by atoms with Crippen molar-refractivity contribution in [2.24, 2.45) is 5.29 Å². The lowest BCUT2D eigenvalue weighted by molar-refractivity contribution is -0.141. The molecule has 0 radical (unpaired) electrons. The van der Waals surface area contributed by atoms with Crippen molar-refractivity contribution in [2.75, 3.05) is 12.1 Å². The summed E-state index contributed by atoms with van der Waals surface area (Å²) in [4.78, 5) is 21.9. The molecule has 0 heterocycles. The molecule has 5 heteroatoms. The maximum Gasteiger partial charge on any atom is 0.330 e. The smallest absolute Gasteiger partial charge is 0.330 e. The summed E-state index contributed by atoms with van der Waals surface area (Å²) in [6.07, 6.45) is 0. The number of esters is 1. The van der Waals surface area contributed by atoms with Gasteiger partial charge in [0.15, 0.2) is 6.04 Å². The summed E-state index contributed by atoms with van der Waals surface area (Å²) >= 11 is 0. The van der Waals surface area contributed by atoms with Gasteiger partial charge in [0.2, 0.25) is 0 Å². The first kappa shape index (κ1) is 11.2. The van der Waals surface area contributed by atoms with E-state index >= 15 is 0 Å². The third kappa shape index (κ3) is 2.52. The first-order chi connectivity index (χ1) is 7.20. The number of ether oxygens (including phenoxy) is 1. The molecule has 15 heavy (non-hydrogen) atoms. The molecule has 0 aromatic heterocycles. The quantitative estimate of drug-likeness (QED) is 0.429. The SMILES string of the molecule is COC(=O)[C@@H](C)N(N=O)c1ccccc1. The van der Waals surface area contributed by atoms with E-state index in [0.29, 0.717) is 5.69 Å². The molecule has 0 fully saturated rings. The van der Waals surface area contributed by atoms with Gasteiger partial charge in [-0.05, 0) is 19.1 Å². The van der Waals surface area contributed by atoms with E-state index in [4.69, 9.17) is 0 Å². The number of nitrogens with zero attached hydrogens (tertiary/aromatic N) is 2. The summed E-state index contributed by atoms with van der Waals surface area (Å²) < 4.78 is 4.54. The van der Waals surface area contributed by atoms with Gasteiger partial charge in [0, 0.05) is 0 Å². The molecule has 1 aromatic rings. The van der Waals surface area contributed by atoms with Gasteiger partial charge < -0.3 is 4.74 Å². The normalized spacial score (nSPS) is 11.6. The Kier molecular flexibility index (Phi) is 3.79. The largest absolute Gasteiger partial charge is 0.467 e. The van der Waals surface area contributed by atoms with Gasteiger partial charge in [-0.2, -0.15) is 0 Å². The molecule has 0 spiro atoms. The maximum atomic E-state index is 11.2. The molecule has 80 valence electrons. The van der Waals surface area contributed by atoms with E-state index in [1.807, 2.05) is 6.07 Å². The van der Waals surface area contributed by atoms with Gasteiger partial charge in [-0.15, -0.1) is 4.91 Å². The predicted octanol–water partition coefficient (Wildman–Crippen LogP) is 1.74. The van der Waals surface area contributed by atoms with Crippen molar-refractivity contribution in [1.29, 1.82) is 0 Å². The van der Waals surface area contributed by atoms with Crippen LogP contribution >= 0.6 is 0 Å². The molecular weight excluding hydrogens is 196 g/mol. The number of hydrogen-bond donors (Lipinski definition) is 0. The van der Waals surface area contributed by atoms with Gasteiger partial charge in [-0.3, -0.25) is 0 Å². The zero-order chi connectivity index (χ0) is 11.3. The average molecular weight is 208 g/mol. The number of benzene rings is 1. The zero-order valence-corrected chi connectivity index (χ0v) is 8.58. The van der Waals surface area contributed by atoms with Crippen LogP contribution in [0.25, 0.3) is 0 Å². The monoisotopic (exact) mass is 208 g/mol. The van der Waals surface area contributed by atoms with Crippen LogP contribution in [0.3, 0.4) is 0 Å². The number of carbonyl (C=O) groups excluding carboxylic acids is 1. The molecule has 1 aromatic carbocycles. The van der Waals surface area contributed by atoms with E-state index in [1.54, 1.807) is 31.2 Å². The van der Waals surface area contributed by atoms with Crippen LogP contribution in [0.5, 0.6) is 0 Å². The van der Waals surface area contributed by atoms with Crippen molar-refractivity contribution in [3.63, 3.8) is 0 Å². The number of hydrogen-bond acceptors (Lipinski definition) is 4. The standard InChI is InChI=1S/C10H12N2O3/c1-8(10(13)15-2)12(11-14)9-6-4-3-5-7-9/h3-8H,1-2H3/t8-/m1/s1. The van der Waals surface area contributed by atoms with Crippen molar-refractivity contribution in [3.05, 3.63) is 35.2 Å². The minimum atomic E-state index is -0.727. The van der Waals surface area contributed by atoms with Crippen LogP contribution in [0.15, 0.2) is 35.6 Å². The van der Waals surface area contributed by atoms with Crippen LogP contribution in [-0.4, -0.2) is 19.1 Å². The lowest BCUT2D eigenvalue weighted by atomic mass is 10.2. The third-order valence-corrected chi connectivity index (χ3v) is 2.02. The molecule has 0 saturated heterocycles. The fourth-order valence-electron chi connectivity index (χ4n) is 1.19. The first-order valence-electron chi connectivity index (χ1n) is 4.46. The van der Waals surface area contributed by atoms with E-state index in [0.717, 1.165) is 5.01 Å². The zero-order valence-electron chi connectivity index (χ0n) is 8.58. The van der Waals surface area contributed by atoms with E-state index in [-0.39, 0.29) is 0 Å². The summed E-state index contributed by atoms with van der Waals surface area (Å²) in [6, 6.07) is 8.00. The van der Waals surface area contributed by atoms with Gasteiger partial charge in [0.25, 0.3) is 0 Å². The van der Waals surface area contributed by atoms with Crippen LogP contribution in [0.2, 0.25) is 0 Å². The van der Waals surface area contributed by atoms with Crippen LogP contribution in [0, 0.1) is 4.91 Å². The number of para-hydroxylation sites is 1. The Balaban J connectivity index is 2.89. The minimum Gasteiger partial charge on any atom is -0.467 e. The van der Waals surface area contributed by atoms with Crippen LogP contribution in [0.4, 0.5) is 5.69 Å². The highest BCUT2D eigenvalue weighted by atomic mass is 16.5.